The molecule has 0 bridgehead atoms. The Morgan fingerprint density at radius 3 is 2.79 bits per heavy atom. The molecule has 4 heterocycles. The number of aromatic nitrogens is 3. The minimum atomic E-state index is 0.0118. The summed E-state index contributed by atoms with van der Waals surface area (Å²) in [5.74, 6) is 0.915. The van der Waals surface area contributed by atoms with E-state index in [-0.39, 0.29) is 12.1 Å². The van der Waals surface area contributed by atoms with E-state index in [2.05, 4.69) is 21.4 Å². The molecule has 2 fully saturated rings. The van der Waals surface area contributed by atoms with E-state index in [0.717, 1.165) is 23.9 Å². The predicted octanol–water partition coefficient (Wildman–Crippen LogP) is 2.41. The van der Waals surface area contributed by atoms with Crippen LogP contribution >= 0.6 is 0 Å². The maximum Gasteiger partial charge on any atom is 0.232 e. The first-order valence-electron chi connectivity index (χ1n) is 9.74. The number of aliphatic imine (C=N–C) groups is 1. The molecule has 0 saturated carbocycles. The Balaban J connectivity index is 1.63. The van der Waals surface area contributed by atoms with Crippen LogP contribution in [-0.4, -0.2) is 60.0 Å². The number of anilines is 1. The molecule has 2 aromatic rings. The topological polar surface area (TPSA) is 107 Å². The number of ether oxygens (including phenoxy) is 3. The summed E-state index contributed by atoms with van der Waals surface area (Å²) in [5, 5.41) is 13.6. The van der Waals surface area contributed by atoms with Crippen molar-refractivity contribution in [1.29, 1.82) is 5.26 Å². The van der Waals surface area contributed by atoms with E-state index in [1.165, 1.54) is 0 Å². The Labute approximate surface area is 169 Å². The Bertz CT molecular complexity index is 980. The summed E-state index contributed by atoms with van der Waals surface area (Å²) in [5.41, 5.74) is 2.02. The number of nitrogens with zero attached hydrogens (tertiary/aromatic N) is 5. The summed E-state index contributed by atoms with van der Waals surface area (Å²) in [6.45, 7) is 4.40. The summed E-state index contributed by atoms with van der Waals surface area (Å²) in [7, 11) is 1.68. The highest BCUT2D eigenvalue weighted by atomic mass is 16.6. The summed E-state index contributed by atoms with van der Waals surface area (Å²) >= 11 is 0. The van der Waals surface area contributed by atoms with Crippen LogP contribution in [0.15, 0.2) is 29.0 Å². The zero-order valence-corrected chi connectivity index (χ0v) is 16.6. The van der Waals surface area contributed by atoms with Gasteiger partial charge in [-0.2, -0.15) is 10.2 Å². The van der Waals surface area contributed by atoms with Gasteiger partial charge in [0.1, 0.15) is 23.5 Å². The van der Waals surface area contributed by atoms with Crippen LogP contribution in [0.25, 0.3) is 11.0 Å². The molecule has 9 nitrogen and oxygen atoms in total. The van der Waals surface area contributed by atoms with Gasteiger partial charge in [-0.05, 0) is 25.8 Å². The lowest BCUT2D eigenvalue weighted by Crippen LogP contribution is -2.38. The van der Waals surface area contributed by atoms with Crippen molar-refractivity contribution in [3.05, 3.63) is 29.7 Å². The van der Waals surface area contributed by atoms with Gasteiger partial charge in [0.2, 0.25) is 11.8 Å². The second-order valence-electron chi connectivity index (χ2n) is 6.96. The Hall–Kier alpha value is -2.96. The van der Waals surface area contributed by atoms with E-state index in [4.69, 9.17) is 19.2 Å². The minimum Gasteiger partial charge on any atom is -0.468 e. The van der Waals surface area contributed by atoms with Crippen LogP contribution in [0.3, 0.4) is 0 Å². The van der Waals surface area contributed by atoms with Crippen LogP contribution in [-0.2, 0) is 14.2 Å². The third-order valence-corrected chi connectivity index (χ3v) is 5.10. The molecule has 1 N–H and O–H groups in total. The van der Waals surface area contributed by atoms with Crippen LogP contribution < -0.4 is 5.32 Å². The number of rotatable bonds is 5. The lowest BCUT2D eigenvalue weighted by atomic mass is 10.1. The lowest BCUT2D eigenvalue weighted by Gasteiger charge is -2.27. The molecular weight excluding hydrogens is 372 g/mol. The van der Waals surface area contributed by atoms with Gasteiger partial charge in [-0.15, -0.1) is 0 Å². The quantitative estimate of drug-likeness (QED) is 0.611. The minimum absolute atomic E-state index is 0.0118. The van der Waals surface area contributed by atoms with Crippen LogP contribution in [0.5, 0.6) is 0 Å². The fourth-order valence-electron chi connectivity index (χ4n) is 3.51. The highest BCUT2D eigenvalue weighted by Gasteiger charge is 2.24. The fourth-order valence-corrected chi connectivity index (χ4v) is 3.51. The SMILES string of the molecule is C/C=C(/Nc1ncc2cc(C#N)n(C3CCOCC3)c2n1)C(=NC)OC1COC1. The van der Waals surface area contributed by atoms with Gasteiger partial charge in [-0.3, -0.25) is 4.99 Å². The number of hydrogen-bond donors (Lipinski definition) is 1. The molecule has 0 aliphatic carbocycles. The molecule has 152 valence electrons. The van der Waals surface area contributed by atoms with Crippen molar-refractivity contribution in [2.45, 2.75) is 31.9 Å². The van der Waals surface area contributed by atoms with Crippen LogP contribution in [0.2, 0.25) is 0 Å². The van der Waals surface area contributed by atoms with Gasteiger partial charge in [0.25, 0.3) is 0 Å². The molecule has 2 aliphatic heterocycles. The van der Waals surface area contributed by atoms with Crippen molar-refractivity contribution in [3.63, 3.8) is 0 Å². The molecule has 29 heavy (non-hydrogen) atoms. The van der Waals surface area contributed by atoms with Gasteiger partial charge in [0, 0.05) is 37.9 Å². The third-order valence-electron chi connectivity index (χ3n) is 5.10. The first-order chi connectivity index (χ1) is 14.2. The van der Waals surface area contributed by atoms with Crippen molar-refractivity contribution < 1.29 is 14.2 Å². The Kier molecular flexibility index (Phi) is 5.74. The maximum atomic E-state index is 9.60. The van der Waals surface area contributed by atoms with Crippen molar-refractivity contribution in [3.8, 4) is 6.07 Å². The average molecular weight is 396 g/mol. The summed E-state index contributed by atoms with van der Waals surface area (Å²) < 4.78 is 18.5. The van der Waals surface area contributed by atoms with Crippen molar-refractivity contribution >= 4 is 22.9 Å². The van der Waals surface area contributed by atoms with E-state index in [1.807, 2.05) is 23.6 Å². The van der Waals surface area contributed by atoms with E-state index >= 15 is 0 Å². The maximum absolute atomic E-state index is 9.60. The van der Waals surface area contributed by atoms with Crippen LogP contribution in [0.4, 0.5) is 5.95 Å². The summed E-state index contributed by atoms with van der Waals surface area (Å²) in [6, 6.07) is 4.31. The van der Waals surface area contributed by atoms with Gasteiger partial charge < -0.3 is 24.1 Å². The first kappa shape index (κ1) is 19.4. The second-order valence-corrected chi connectivity index (χ2v) is 6.96. The molecule has 2 saturated heterocycles. The summed E-state index contributed by atoms with van der Waals surface area (Å²) in [4.78, 5) is 13.4. The highest BCUT2D eigenvalue weighted by molar-refractivity contribution is 5.96. The largest absolute Gasteiger partial charge is 0.468 e. The monoisotopic (exact) mass is 396 g/mol. The number of hydrogen-bond acceptors (Lipinski definition) is 8. The zero-order chi connectivity index (χ0) is 20.2. The van der Waals surface area contributed by atoms with E-state index < -0.39 is 0 Å². The van der Waals surface area contributed by atoms with E-state index in [1.54, 1.807) is 13.2 Å². The Morgan fingerprint density at radius 1 is 1.38 bits per heavy atom. The molecule has 0 spiro atoms. The van der Waals surface area contributed by atoms with E-state index in [0.29, 0.717) is 49.7 Å². The van der Waals surface area contributed by atoms with Gasteiger partial charge >= 0.3 is 0 Å². The van der Waals surface area contributed by atoms with Gasteiger partial charge in [-0.1, -0.05) is 6.08 Å². The molecule has 0 radical (unpaired) electrons. The summed E-state index contributed by atoms with van der Waals surface area (Å²) in [6.07, 6.45) is 5.33. The molecule has 2 aliphatic rings. The molecule has 2 aromatic heterocycles. The predicted molar refractivity (Wildman–Crippen MR) is 108 cm³/mol. The van der Waals surface area contributed by atoms with Crippen molar-refractivity contribution in [2.75, 3.05) is 38.8 Å². The molecule has 0 unspecified atom stereocenters. The second kappa shape index (κ2) is 8.59. The number of nitrogens with one attached hydrogen (secondary N) is 1. The zero-order valence-electron chi connectivity index (χ0n) is 16.6. The smallest absolute Gasteiger partial charge is 0.232 e. The molecule has 0 aromatic carbocycles. The first-order valence-corrected chi connectivity index (χ1v) is 9.74. The lowest BCUT2D eigenvalue weighted by molar-refractivity contribution is -0.0856. The Morgan fingerprint density at radius 2 is 2.17 bits per heavy atom. The number of fused-ring (bicyclic) bond motifs is 1. The van der Waals surface area contributed by atoms with Crippen LogP contribution in [0, 0.1) is 11.3 Å². The molecule has 0 atom stereocenters. The average Bonchev–Trinajstić information content (AvgIpc) is 3.10. The molecule has 4 rings (SSSR count). The molecule has 9 heteroatoms. The van der Waals surface area contributed by atoms with Crippen LogP contribution in [0.1, 0.15) is 31.5 Å². The normalized spacial score (nSPS) is 19.1. The molecule has 0 amide bonds. The van der Waals surface area contributed by atoms with Gasteiger partial charge in [0.05, 0.1) is 18.9 Å². The number of allylic oxidation sites excluding steroid dienone is 1. The standard InChI is InChI=1S/C20H24N6O3/c1-3-17(19(22-2)29-16-11-28-12-16)24-20-23-10-13-8-15(9-21)26(18(13)25-20)14-4-6-27-7-5-14/h3,8,10,14,16H,4-7,11-12H2,1-2H3,(H,23,24,25)/b17-3+,22-19?. The van der Waals surface area contributed by atoms with Crippen molar-refractivity contribution in [2.24, 2.45) is 4.99 Å². The van der Waals surface area contributed by atoms with Gasteiger partial charge in [-0.25, -0.2) is 4.98 Å². The fraction of sp³-hybridized carbons (Fsp3) is 0.500. The number of nitriles is 1. The van der Waals surface area contributed by atoms with E-state index in [9.17, 15) is 5.26 Å². The van der Waals surface area contributed by atoms with Gasteiger partial charge in [0.15, 0.2) is 0 Å². The van der Waals surface area contributed by atoms with Crippen molar-refractivity contribution in [1.82, 2.24) is 14.5 Å². The molecular formula is C20H24N6O3. The highest BCUT2D eigenvalue weighted by Crippen LogP contribution is 2.29. The third kappa shape index (κ3) is 3.95.